The molecule has 0 spiro atoms. The minimum absolute atomic E-state index is 0. The van der Waals surface area contributed by atoms with E-state index < -0.39 is 0 Å². The summed E-state index contributed by atoms with van der Waals surface area (Å²) < 4.78 is 0. The van der Waals surface area contributed by atoms with Gasteiger partial charge in [0.05, 0.1) is 10.7 Å². The molecule has 0 aliphatic rings. The van der Waals surface area contributed by atoms with Crippen LogP contribution >= 0.6 is 35.3 Å². The van der Waals surface area contributed by atoms with Gasteiger partial charge in [-0.05, 0) is 39.5 Å². The van der Waals surface area contributed by atoms with E-state index in [1.807, 2.05) is 0 Å². The van der Waals surface area contributed by atoms with Crippen molar-refractivity contribution < 1.29 is 0 Å². The Balaban J connectivity index is 0.00000441. The SMILES string of the molecule is CCNC(=NCCCC(C)C)NCCc1sc(C)nc1C.I. The van der Waals surface area contributed by atoms with Crippen molar-refractivity contribution >= 4 is 41.3 Å². The minimum atomic E-state index is 0. The number of aromatic nitrogens is 1. The van der Waals surface area contributed by atoms with Crippen LogP contribution < -0.4 is 10.6 Å². The van der Waals surface area contributed by atoms with Gasteiger partial charge in [-0.3, -0.25) is 4.99 Å². The molecule has 1 heterocycles. The van der Waals surface area contributed by atoms with E-state index in [0.29, 0.717) is 0 Å². The largest absolute Gasteiger partial charge is 0.357 e. The van der Waals surface area contributed by atoms with Crippen LogP contribution in [0.2, 0.25) is 0 Å². The molecule has 6 heteroatoms. The third-order valence-corrected chi connectivity index (χ3v) is 4.33. The maximum absolute atomic E-state index is 4.63. The first-order valence-corrected chi connectivity index (χ1v) is 8.79. The summed E-state index contributed by atoms with van der Waals surface area (Å²) in [6.07, 6.45) is 3.40. The van der Waals surface area contributed by atoms with E-state index >= 15 is 0 Å². The topological polar surface area (TPSA) is 49.3 Å². The average Bonchev–Trinajstić information content (AvgIpc) is 2.73. The van der Waals surface area contributed by atoms with E-state index in [1.54, 1.807) is 11.3 Å². The van der Waals surface area contributed by atoms with Crippen molar-refractivity contribution in [3.8, 4) is 0 Å². The summed E-state index contributed by atoms with van der Waals surface area (Å²) in [5, 5.41) is 7.86. The van der Waals surface area contributed by atoms with E-state index in [-0.39, 0.29) is 24.0 Å². The first-order valence-electron chi connectivity index (χ1n) is 7.98. The maximum Gasteiger partial charge on any atom is 0.191 e. The number of aliphatic imine (C=N–C) groups is 1. The molecule has 1 aromatic heterocycles. The molecule has 0 atom stereocenters. The number of hydrogen-bond donors (Lipinski definition) is 2. The van der Waals surface area contributed by atoms with Gasteiger partial charge in [-0.25, -0.2) is 4.98 Å². The molecule has 0 radical (unpaired) electrons. The summed E-state index contributed by atoms with van der Waals surface area (Å²) in [4.78, 5) is 10.5. The van der Waals surface area contributed by atoms with Gasteiger partial charge in [-0.1, -0.05) is 13.8 Å². The van der Waals surface area contributed by atoms with Crippen LogP contribution in [0.5, 0.6) is 0 Å². The number of thiazole rings is 1. The van der Waals surface area contributed by atoms with Gasteiger partial charge in [0, 0.05) is 30.9 Å². The molecule has 0 aliphatic heterocycles. The van der Waals surface area contributed by atoms with Crippen molar-refractivity contribution in [3.05, 3.63) is 15.6 Å². The molecule has 0 amide bonds. The summed E-state index contributed by atoms with van der Waals surface area (Å²) in [7, 11) is 0. The molecule has 0 bridgehead atoms. The van der Waals surface area contributed by atoms with Gasteiger partial charge in [0.2, 0.25) is 0 Å². The number of aryl methyl sites for hydroxylation is 2. The van der Waals surface area contributed by atoms with Crippen LogP contribution in [0.15, 0.2) is 4.99 Å². The molecule has 1 rings (SSSR count). The molecule has 0 saturated heterocycles. The van der Waals surface area contributed by atoms with Crippen LogP contribution in [-0.2, 0) is 6.42 Å². The molecule has 22 heavy (non-hydrogen) atoms. The van der Waals surface area contributed by atoms with Gasteiger partial charge in [0.15, 0.2) is 5.96 Å². The molecular weight excluding hydrogens is 407 g/mol. The smallest absolute Gasteiger partial charge is 0.191 e. The fraction of sp³-hybridized carbons (Fsp3) is 0.750. The summed E-state index contributed by atoms with van der Waals surface area (Å²) in [5.74, 6) is 1.69. The molecular formula is C16H31IN4S. The van der Waals surface area contributed by atoms with Gasteiger partial charge in [-0.2, -0.15) is 0 Å². The van der Waals surface area contributed by atoms with E-state index in [0.717, 1.165) is 55.1 Å². The zero-order valence-electron chi connectivity index (χ0n) is 14.5. The maximum atomic E-state index is 4.63. The lowest BCUT2D eigenvalue weighted by Gasteiger charge is -2.11. The Morgan fingerprint density at radius 2 is 2.00 bits per heavy atom. The van der Waals surface area contributed by atoms with Crippen LogP contribution in [0.25, 0.3) is 0 Å². The van der Waals surface area contributed by atoms with Crippen LogP contribution in [0.1, 0.15) is 49.2 Å². The number of guanidine groups is 1. The first-order chi connectivity index (χ1) is 10.0. The molecule has 2 N–H and O–H groups in total. The second kappa shape index (κ2) is 12.1. The van der Waals surface area contributed by atoms with Crippen LogP contribution in [0.3, 0.4) is 0 Å². The van der Waals surface area contributed by atoms with Crippen LogP contribution in [0, 0.1) is 19.8 Å². The predicted molar refractivity (Wildman–Crippen MR) is 109 cm³/mol. The molecule has 1 aromatic rings. The Morgan fingerprint density at radius 3 is 2.55 bits per heavy atom. The third kappa shape index (κ3) is 8.92. The number of nitrogens with one attached hydrogen (secondary N) is 2. The minimum Gasteiger partial charge on any atom is -0.357 e. The summed E-state index contributed by atoms with van der Waals surface area (Å²) >= 11 is 1.79. The quantitative estimate of drug-likeness (QED) is 0.280. The van der Waals surface area contributed by atoms with Crippen molar-refractivity contribution in [1.82, 2.24) is 15.6 Å². The summed E-state index contributed by atoms with van der Waals surface area (Å²) in [6, 6.07) is 0. The first kappa shape index (κ1) is 21.6. The zero-order chi connectivity index (χ0) is 15.7. The predicted octanol–water partition coefficient (Wildman–Crippen LogP) is 3.91. The number of halogens is 1. The number of hydrogen-bond acceptors (Lipinski definition) is 3. The van der Waals surface area contributed by atoms with Gasteiger partial charge >= 0.3 is 0 Å². The Hall–Kier alpha value is -0.370. The normalized spacial score (nSPS) is 11.5. The molecule has 0 unspecified atom stereocenters. The monoisotopic (exact) mass is 438 g/mol. The van der Waals surface area contributed by atoms with Crippen LogP contribution in [-0.4, -0.2) is 30.6 Å². The second-order valence-corrected chi connectivity index (χ2v) is 7.00. The van der Waals surface area contributed by atoms with Crippen molar-refractivity contribution in [2.75, 3.05) is 19.6 Å². The van der Waals surface area contributed by atoms with Crippen molar-refractivity contribution in [1.29, 1.82) is 0 Å². The highest BCUT2D eigenvalue weighted by Gasteiger charge is 2.05. The van der Waals surface area contributed by atoms with Crippen LogP contribution in [0.4, 0.5) is 0 Å². The fourth-order valence-corrected chi connectivity index (χ4v) is 3.07. The highest BCUT2D eigenvalue weighted by atomic mass is 127. The van der Waals surface area contributed by atoms with E-state index in [9.17, 15) is 0 Å². The van der Waals surface area contributed by atoms with Crippen molar-refractivity contribution in [2.45, 2.75) is 53.9 Å². The van der Waals surface area contributed by atoms with Gasteiger partial charge in [0.1, 0.15) is 0 Å². The Morgan fingerprint density at radius 1 is 1.27 bits per heavy atom. The van der Waals surface area contributed by atoms with E-state index in [2.05, 4.69) is 55.2 Å². The number of nitrogens with zero attached hydrogens (tertiary/aromatic N) is 2. The molecule has 0 saturated carbocycles. The lowest BCUT2D eigenvalue weighted by atomic mass is 10.1. The number of rotatable bonds is 8. The van der Waals surface area contributed by atoms with Gasteiger partial charge in [-0.15, -0.1) is 35.3 Å². The van der Waals surface area contributed by atoms with E-state index in [4.69, 9.17) is 0 Å². The lowest BCUT2D eigenvalue weighted by molar-refractivity contribution is 0.560. The van der Waals surface area contributed by atoms with Gasteiger partial charge < -0.3 is 10.6 Å². The molecule has 0 aromatic carbocycles. The Kier molecular flexibility index (Phi) is 11.9. The second-order valence-electron chi connectivity index (χ2n) is 5.71. The zero-order valence-corrected chi connectivity index (χ0v) is 17.7. The lowest BCUT2D eigenvalue weighted by Crippen LogP contribution is -2.38. The summed E-state index contributed by atoms with van der Waals surface area (Å²) in [5.41, 5.74) is 1.16. The van der Waals surface area contributed by atoms with Crippen molar-refractivity contribution in [2.24, 2.45) is 10.9 Å². The molecule has 128 valence electrons. The molecule has 4 nitrogen and oxygen atoms in total. The fourth-order valence-electron chi connectivity index (χ4n) is 2.13. The third-order valence-electron chi connectivity index (χ3n) is 3.20. The van der Waals surface area contributed by atoms with Crippen molar-refractivity contribution in [3.63, 3.8) is 0 Å². The van der Waals surface area contributed by atoms with E-state index in [1.165, 1.54) is 11.3 Å². The van der Waals surface area contributed by atoms with Gasteiger partial charge in [0.25, 0.3) is 0 Å². The standard InChI is InChI=1S/C16H30N4S.HI/c1-6-17-16(18-10-7-8-12(2)3)19-11-9-15-13(4)20-14(5)21-15;/h12H,6-11H2,1-5H3,(H2,17,18,19);1H. The summed E-state index contributed by atoms with van der Waals surface area (Å²) in [6.45, 7) is 13.5. The highest BCUT2D eigenvalue weighted by Crippen LogP contribution is 2.16. The molecule has 0 fully saturated rings. The Bertz CT molecular complexity index is 443. The average molecular weight is 438 g/mol. The molecule has 0 aliphatic carbocycles. The highest BCUT2D eigenvalue weighted by molar-refractivity contribution is 14.0. The Labute approximate surface area is 156 Å².